The highest BCUT2D eigenvalue weighted by Crippen LogP contribution is 2.44. The van der Waals surface area contributed by atoms with Crippen molar-refractivity contribution in [1.29, 1.82) is 0 Å². The van der Waals surface area contributed by atoms with Crippen LogP contribution in [-0.2, 0) is 21.8 Å². The Kier molecular flexibility index (Phi) is 6.36. The quantitative estimate of drug-likeness (QED) is 0.368. The van der Waals surface area contributed by atoms with Crippen molar-refractivity contribution in [3.8, 4) is 16.9 Å². The first-order valence-electron chi connectivity index (χ1n) is 10.2. The number of carbonyl (C=O) groups is 1. The van der Waals surface area contributed by atoms with Gasteiger partial charge in [-0.3, -0.25) is 0 Å². The van der Waals surface area contributed by atoms with Crippen LogP contribution in [0.15, 0.2) is 59.5 Å². The van der Waals surface area contributed by atoms with Crippen LogP contribution in [0.5, 0.6) is 5.75 Å². The summed E-state index contributed by atoms with van der Waals surface area (Å²) >= 11 is 4.29. The molecule has 33 heavy (non-hydrogen) atoms. The van der Waals surface area contributed by atoms with E-state index in [-0.39, 0.29) is 24.8 Å². The molecule has 0 aliphatic heterocycles. The van der Waals surface area contributed by atoms with Gasteiger partial charge in [-0.1, -0.05) is 52.4 Å². The molecule has 0 heterocycles. The fourth-order valence-corrected chi connectivity index (χ4v) is 4.86. The van der Waals surface area contributed by atoms with E-state index >= 15 is 0 Å². The van der Waals surface area contributed by atoms with Gasteiger partial charge in [0.15, 0.2) is 5.75 Å². The Balaban J connectivity index is 1.45. The Morgan fingerprint density at radius 1 is 1.03 bits per heavy atom. The van der Waals surface area contributed by atoms with Gasteiger partial charge in [0.1, 0.15) is 6.61 Å². The predicted octanol–water partition coefficient (Wildman–Crippen LogP) is 5.22. The second kappa shape index (κ2) is 9.07. The molecule has 0 aromatic heterocycles. The summed E-state index contributed by atoms with van der Waals surface area (Å²) in [5.41, 5.74) is 5.76. The molecule has 0 bridgehead atoms. The summed E-state index contributed by atoms with van der Waals surface area (Å²) in [6, 6.07) is 17.7. The lowest BCUT2D eigenvalue weighted by Crippen LogP contribution is -2.26. The van der Waals surface area contributed by atoms with Crippen LogP contribution in [0, 0.1) is 13.8 Å². The number of hydrogen-bond donors (Lipinski definition) is 2. The molecule has 4 rings (SSSR count). The maximum atomic E-state index is 13.1. The van der Waals surface area contributed by atoms with Crippen molar-refractivity contribution >= 4 is 29.2 Å². The fraction of sp³-hybridized carbons (Fsp3) is 0.208. The van der Waals surface area contributed by atoms with E-state index in [1.54, 1.807) is 19.9 Å². The third-order valence-corrected chi connectivity index (χ3v) is 6.64. The summed E-state index contributed by atoms with van der Waals surface area (Å²) in [5, 5.41) is 2.65. The first-order chi connectivity index (χ1) is 15.7. The van der Waals surface area contributed by atoms with Crippen molar-refractivity contribution < 1.29 is 26.0 Å². The van der Waals surface area contributed by atoms with Crippen LogP contribution in [0.3, 0.4) is 0 Å². The Morgan fingerprint density at radius 2 is 1.61 bits per heavy atom. The molecule has 0 saturated carbocycles. The maximum absolute atomic E-state index is 13.1. The van der Waals surface area contributed by atoms with E-state index in [1.165, 1.54) is 0 Å². The molecule has 0 radical (unpaired) electrons. The van der Waals surface area contributed by atoms with Crippen molar-refractivity contribution in [2.45, 2.75) is 31.2 Å². The molecular formula is C24H22FNO5S2. The number of benzene rings is 3. The number of thiol groups is 1. The molecular weight excluding hydrogens is 465 g/mol. The summed E-state index contributed by atoms with van der Waals surface area (Å²) in [4.78, 5) is 12.8. The van der Waals surface area contributed by atoms with Crippen molar-refractivity contribution in [1.82, 2.24) is 5.32 Å². The summed E-state index contributed by atoms with van der Waals surface area (Å²) in [7, 11) is -5.20. The molecule has 0 saturated heterocycles. The Morgan fingerprint density at radius 3 is 2.18 bits per heavy atom. The Labute approximate surface area is 197 Å². The van der Waals surface area contributed by atoms with E-state index < -0.39 is 16.6 Å². The van der Waals surface area contributed by atoms with Crippen LogP contribution in [0.25, 0.3) is 11.1 Å². The molecule has 0 spiro atoms. The van der Waals surface area contributed by atoms with Crippen LogP contribution in [0.4, 0.5) is 8.68 Å². The molecule has 1 aliphatic rings. The zero-order valence-corrected chi connectivity index (χ0v) is 19.7. The summed E-state index contributed by atoms with van der Waals surface area (Å²) < 4.78 is 45.1. The average Bonchev–Trinajstić information content (AvgIpc) is 3.10. The summed E-state index contributed by atoms with van der Waals surface area (Å²) in [6.07, 6.45) is -0.627. The van der Waals surface area contributed by atoms with Gasteiger partial charge in [-0.15, -0.1) is 12.6 Å². The van der Waals surface area contributed by atoms with E-state index in [0.717, 1.165) is 22.3 Å². The molecule has 9 heteroatoms. The number of alkyl carbamates (subject to hydrolysis) is 1. The maximum Gasteiger partial charge on any atom is 0.488 e. The van der Waals surface area contributed by atoms with Gasteiger partial charge in [0.25, 0.3) is 0 Å². The molecule has 1 amide bonds. The second-order valence-electron chi connectivity index (χ2n) is 7.79. The molecule has 172 valence electrons. The number of halogens is 1. The SMILES string of the molecule is Cc1c(S)cc(CNC(=O)OCC2c3ccccc3-c3ccccc32)c(C)c1OS(=O)(=O)F. The van der Waals surface area contributed by atoms with Gasteiger partial charge in [-0.05, 0) is 53.3 Å². The standard InChI is InChI=1S/C24H22FNO5S2/c1-14-16(11-22(32)15(2)23(14)31-33(25,28)29)12-26-24(27)30-13-21-19-9-5-3-7-17(19)18-8-4-6-10-20(18)21/h3-11,21,32H,12-13H2,1-2H3,(H,26,27). The smallest absolute Gasteiger partial charge is 0.449 e. The van der Waals surface area contributed by atoms with Crippen LogP contribution in [-0.4, -0.2) is 21.1 Å². The number of ether oxygens (including phenoxy) is 1. The van der Waals surface area contributed by atoms with Crippen molar-refractivity contribution in [2.24, 2.45) is 0 Å². The molecule has 1 N–H and O–H groups in total. The molecule has 6 nitrogen and oxygen atoms in total. The minimum absolute atomic E-state index is 0.0268. The van der Waals surface area contributed by atoms with Crippen LogP contribution in [0.2, 0.25) is 0 Å². The lowest BCUT2D eigenvalue weighted by molar-refractivity contribution is 0.142. The highest BCUT2D eigenvalue weighted by Gasteiger charge is 2.29. The van der Waals surface area contributed by atoms with Gasteiger partial charge in [0, 0.05) is 22.9 Å². The highest BCUT2D eigenvalue weighted by molar-refractivity contribution is 7.81. The monoisotopic (exact) mass is 487 g/mol. The van der Waals surface area contributed by atoms with Gasteiger partial charge < -0.3 is 14.2 Å². The van der Waals surface area contributed by atoms with E-state index in [4.69, 9.17) is 4.74 Å². The van der Waals surface area contributed by atoms with E-state index in [2.05, 4.69) is 34.3 Å². The molecule has 3 aromatic rings. The van der Waals surface area contributed by atoms with E-state index in [1.807, 2.05) is 36.4 Å². The lowest BCUT2D eigenvalue weighted by atomic mass is 9.98. The number of hydrogen-bond acceptors (Lipinski definition) is 6. The normalized spacial score (nSPS) is 12.7. The van der Waals surface area contributed by atoms with Crippen molar-refractivity contribution in [3.63, 3.8) is 0 Å². The van der Waals surface area contributed by atoms with Gasteiger partial charge in [0.05, 0.1) is 0 Å². The zero-order chi connectivity index (χ0) is 23.8. The number of amides is 1. The number of rotatable bonds is 6. The topological polar surface area (TPSA) is 81.7 Å². The fourth-order valence-electron chi connectivity index (χ4n) is 4.15. The van der Waals surface area contributed by atoms with Gasteiger partial charge in [0.2, 0.25) is 0 Å². The molecule has 1 aliphatic carbocycles. The minimum atomic E-state index is -5.20. The van der Waals surface area contributed by atoms with Crippen LogP contribution < -0.4 is 9.50 Å². The van der Waals surface area contributed by atoms with Crippen molar-refractivity contribution in [2.75, 3.05) is 6.61 Å². The largest absolute Gasteiger partial charge is 0.488 e. The third kappa shape index (κ3) is 4.84. The van der Waals surface area contributed by atoms with Crippen molar-refractivity contribution in [3.05, 3.63) is 82.4 Å². The number of nitrogens with one attached hydrogen (secondary N) is 1. The van der Waals surface area contributed by atoms with Gasteiger partial charge >= 0.3 is 16.6 Å². The number of carbonyl (C=O) groups excluding carboxylic acids is 1. The predicted molar refractivity (Wildman–Crippen MR) is 126 cm³/mol. The van der Waals surface area contributed by atoms with E-state index in [0.29, 0.717) is 21.6 Å². The summed E-state index contributed by atoms with van der Waals surface area (Å²) in [5.74, 6) is -0.211. The minimum Gasteiger partial charge on any atom is -0.449 e. The number of fused-ring (bicyclic) bond motifs is 3. The first-order valence-corrected chi connectivity index (χ1v) is 12.0. The van der Waals surface area contributed by atoms with E-state index in [9.17, 15) is 17.1 Å². The lowest BCUT2D eigenvalue weighted by Gasteiger charge is -2.17. The second-order valence-corrected chi connectivity index (χ2v) is 9.22. The van der Waals surface area contributed by atoms with Gasteiger partial charge in [-0.2, -0.15) is 8.42 Å². The average molecular weight is 488 g/mol. The molecule has 3 aromatic carbocycles. The zero-order valence-electron chi connectivity index (χ0n) is 18.0. The molecule has 0 fully saturated rings. The Bertz CT molecular complexity index is 1300. The Hall–Kier alpha value is -3.04. The third-order valence-electron chi connectivity index (χ3n) is 5.81. The summed E-state index contributed by atoms with van der Waals surface area (Å²) in [6.45, 7) is 3.34. The first kappa shape index (κ1) is 23.1. The van der Waals surface area contributed by atoms with Crippen LogP contribution in [0.1, 0.15) is 33.7 Å². The van der Waals surface area contributed by atoms with Crippen LogP contribution >= 0.6 is 12.6 Å². The molecule has 0 unspecified atom stereocenters. The van der Waals surface area contributed by atoms with Gasteiger partial charge in [-0.25, -0.2) is 4.79 Å². The molecule has 0 atom stereocenters. The highest BCUT2D eigenvalue weighted by atomic mass is 32.3.